The summed E-state index contributed by atoms with van der Waals surface area (Å²) in [6.45, 7) is 8.94. The Hall–Kier alpha value is 1.24. The zero-order valence-corrected chi connectivity index (χ0v) is 15.0. The van der Waals surface area contributed by atoms with Gasteiger partial charge in [0, 0.05) is 23.9 Å². The second-order valence-corrected chi connectivity index (χ2v) is 6.40. The molecule has 0 unspecified atom stereocenters. The van der Waals surface area contributed by atoms with E-state index in [0.717, 1.165) is 5.92 Å². The zero-order chi connectivity index (χ0) is 11.0. The van der Waals surface area contributed by atoms with Gasteiger partial charge in [0.2, 0.25) is 0 Å². The van der Waals surface area contributed by atoms with Gasteiger partial charge in [-0.15, -0.1) is 11.8 Å². The minimum absolute atomic E-state index is 0. The average Bonchev–Trinajstić information content (AvgIpc) is 2.09. The van der Waals surface area contributed by atoms with Gasteiger partial charge in [-0.25, -0.2) is 0 Å². The molecule has 4 radical (unpaired) electrons. The molecule has 0 heterocycles. The Morgan fingerprint density at radius 1 is 1.07 bits per heavy atom. The van der Waals surface area contributed by atoms with Gasteiger partial charge in [-0.1, -0.05) is 59.2 Å². The van der Waals surface area contributed by atoms with E-state index >= 15 is 0 Å². The first kappa shape index (κ1) is 18.6. The summed E-state index contributed by atoms with van der Waals surface area (Å²) in [5.74, 6) is 2.64. The van der Waals surface area contributed by atoms with Crippen LogP contribution in [0.5, 0.6) is 0 Å². The van der Waals surface area contributed by atoms with E-state index in [9.17, 15) is 0 Å². The molecule has 3 heteroatoms. The Morgan fingerprint density at radius 3 is 2.13 bits per heavy atom. The Labute approximate surface area is 122 Å². The minimum atomic E-state index is 0. The summed E-state index contributed by atoms with van der Waals surface area (Å²) in [5, 5.41) is 0. The molecule has 0 aliphatic rings. The summed E-state index contributed by atoms with van der Waals surface area (Å²) in [7, 11) is 0. The molecule has 0 nitrogen and oxygen atoms in total. The molecule has 0 bridgehead atoms. The maximum absolute atomic E-state index is 5.26. The first-order chi connectivity index (χ1) is 6.54. The van der Waals surface area contributed by atoms with E-state index < -0.39 is 0 Å². The topological polar surface area (TPSA) is 0 Å². The van der Waals surface area contributed by atoms with E-state index in [1.165, 1.54) is 35.6 Å². The number of unbranched alkanes of at least 4 members (excludes halogenated alkanes) is 2. The van der Waals surface area contributed by atoms with E-state index in [0.29, 0.717) is 5.92 Å². The monoisotopic (exact) mass is 352 g/mol. The number of hydrogen-bond acceptors (Lipinski definition) is 2. The van der Waals surface area contributed by atoms with Crippen molar-refractivity contribution in [3.63, 3.8) is 0 Å². The van der Waals surface area contributed by atoms with Crippen LogP contribution < -0.4 is 0 Å². The van der Waals surface area contributed by atoms with Gasteiger partial charge >= 0.3 is 0 Å². The predicted molar refractivity (Wildman–Crippen MR) is 79.0 cm³/mol. The van der Waals surface area contributed by atoms with Crippen LogP contribution in [-0.4, -0.2) is 33.9 Å². The third kappa shape index (κ3) is 13.2. The van der Waals surface area contributed by atoms with Crippen molar-refractivity contribution >= 4 is 52.1 Å². The molecule has 0 aromatic carbocycles. The van der Waals surface area contributed by atoms with Crippen molar-refractivity contribution in [3.8, 4) is 0 Å². The molecule has 0 N–H and O–H groups in total. The summed E-state index contributed by atoms with van der Waals surface area (Å²) in [4.78, 5) is 0. The van der Waals surface area contributed by atoms with Gasteiger partial charge in [-0.3, -0.25) is 0 Å². The maximum Gasteiger partial charge on any atom is 0.0503 e. The second-order valence-electron chi connectivity index (χ2n) is 4.57. The molecular weight excluding hydrogens is 327 g/mol. The number of thiocarbonyl (C=S) groups is 1. The predicted octanol–water partition coefficient (Wildman–Crippen LogP) is 4.54. The van der Waals surface area contributed by atoms with Gasteiger partial charge < -0.3 is 0 Å². The molecule has 0 saturated carbocycles. The van der Waals surface area contributed by atoms with Gasteiger partial charge in [0.05, 0.1) is 4.20 Å². The summed E-state index contributed by atoms with van der Waals surface area (Å²) >= 11 is 7.14. The molecule has 0 aromatic rings. The molecule has 88 valence electrons. The van der Waals surface area contributed by atoms with Crippen LogP contribution in [0.25, 0.3) is 0 Å². The second kappa shape index (κ2) is 11.7. The summed E-state index contributed by atoms with van der Waals surface area (Å²) in [6.07, 6.45) is 5.45. The van der Waals surface area contributed by atoms with Crippen LogP contribution in [0.1, 0.15) is 53.4 Å². The zero-order valence-electron chi connectivity index (χ0n) is 10.5. The molecule has 0 spiro atoms. The van der Waals surface area contributed by atoms with Crippen molar-refractivity contribution < 1.29 is 0 Å². The van der Waals surface area contributed by atoms with Gasteiger partial charge in [-0.2, -0.15) is 0 Å². The van der Waals surface area contributed by atoms with Crippen molar-refractivity contribution in [2.45, 2.75) is 53.4 Å². The standard InChI is InChI=1S/C12H24S2.Sn/c1-10(2)8-6-5-7-9-14-12(13)11(3)4;/h10-11H,5-9H2,1-4H3;. The van der Waals surface area contributed by atoms with Crippen LogP contribution in [0.4, 0.5) is 0 Å². The molecule has 0 aromatic heterocycles. The SMILES string of the molecule is CC(C)CCCCCSC(=S)C(C)C.[Sn]. The van der Waals surface area contributed by atoms with Crippen LogP contribution >= 0.6 is 24.0 Å². The third-order valence-corrected chi connectivity index (χ3v) is 4.22. The van der Waals surface area contributed by atoms with Gasteiger partial charge in [0.25, 0.3) is 0 Å². The molecule has 0 saturated heterocycles. The Morgan fingerprint density at radius 2 is 1.67 bits per heavy atom. The van der Waals surface area contributed by atoms with Crippen molar-refractivity contribution in [2.75, 3.05) is 5.75 Å². The van der Waals surface area contributed by atoms with E-state index in [-0.39, 0.29) is 23.9 Å². The van der Waals surface area contributed by atoms with Crippen LogP contribution in [0, 0.1) is 11.8 Å². The van der Waals surface area contributed by atoms with E-state index in [4.69, 9.17) is 12.2 Å². The largest absolute Gasteiger partial charge is 0.119 e. The maximum atomic E-state index is 5.26. The van der Waals surface area contributed by atoms with Gasteiger partial charge in [0.1, 0.15) is 0 Å². The smallest absolute Gasteiger partial charge is 0.0503 e. The van der Waals surface area contributed by atoms with E-state index in [1.54, 1.807) is 0 Å². The molecular formula is C12H24S2Sn. The van der Waals surface area contributed by atoms with Crippen molar-refractivity contribution in [2.24, 2.45) is 11.8 Å². The number of rotatable bonds is 7. The quantitative estimate of drug-likeness (QED) is 0.375. The van der Waals surface area contributed by atoms with Crippen LogP contribution in [0.3, 0.4) is 0 Å². The van der Waals surface area contributed by atoms with Crippen LogP contribution in [0.15, 0.2) is 0 Å². The van der Waals surface area contributed by atoms with Gasteiger partial charge in [-0.05, 0) is 24.0 Å². The molecule has 0 atom stereocenters. The Bertz CT molecular complexity index is 156. The fraction of sp³-hybridized carbons (Fsp3) is 0.917. The molecule has 0 rings (SSSR count). The Balaban J connectivity index is 0. The third-order valence-electron chi connectivity index (χ3n) is 2.14. The first-order valence-corrected chi connectivity index (χ1v) is 7.10. The van der Waals surface area contributed by atoms with Crippen molar-refractivity contribution in [1.82, 2.24) is 0 Å². The summed E-state index contributed by atoms with van der Waals surface area (Å²) < 4.78 is 1.17. The fourth-order valence-corrected chi connectivity index (χ4v) is 2.30. The Kier molecular flexibility index (Phi) is 14.5. The van der Waals surface area contributed by atoms with Crippen molar-refractivity contribution in [1.29, 1.82) is 0 Å². The fourth-order valence-electron chi connectivity index (χ4n) is 1.17. The van der Waals surface area contributed by atoms with Gasteiger partial charge in [0.15, 0.2) is 0 Å². The summed E-state index contributed by atoms with van der Waals surface area (Å²) in [6, 6.07) is 0. The molecule has 0 amide bonds. The average molecular weight is 351 g/mol. The van der Waals surface area contributed by atoms with E-state index in [2.05, 4.69) is 27.7 Å². The van der Waals surface area contributed by atoms with Crippen LogP contribution in [-0.2, 0) is 0 Å². The number of hydrogen-bond donors (Lipinski definition) is 0. The summed E-state index contributed by atoms with van der Waals surface area (Å²) in [5.41, 5.74) is 0. The molecule has 0 aliphatic heterocycles. The first-order valence-electron chi connectivity index (χ1n) is 5.70. The van der Waals surface area contributed by atoms with E-state index in [1.807, 2.05) is 11.8 Å². The molecule has 0 aliphatic carbocycles. The number of thioether (sulfide) groups is 1. The normalized spacial score (nSPS) is 10.5. The minimum Gasteiger partial charge on any atom is -0.119 e. The van der Waals surface area contributed by atoms with Crippen molar-refractivity contribution in [3.05, 3.63) is 0 Å². The van der Waals surface area contributed by atoms with Crippen LogP contribution in [0.2, 0.25) is 0 Å². The molecule has 15 heavy (non-hydrogen) atoms. The molecule has 0 fully saturated rings.